The minimum absolute atomic E-state index is 0.137. The van der Waals surface area contributed by atoms with Crippen molar-refractivity contribution < 1.29 is 9.59 Å². The predicted octanol–water partition coefficient (Wildman–Crippen LogP) is 4.11. The number of nitrogens with zero attached hydrogens (tertiary/aromatic N) is 2. The molecule has 32 heavy (non-hydrogen) atoms. The van der Waals surface area contributed by atoms with Gasteiger partial charge in [-0.1, -0.05) is 0 Å². The Labute approximate surface area is 202 Å². The molecule has 0 saturated carbocycles. The van der Waals surface area contributed by atoms with Crippen LogP contribution in [0.15, 0.2) is 66.2 Å². The first kappa shape index (κ1) is 21.1. The average Bonchev–Trinajstić information content (AvgIpc) is 3.21. The average molecular weight is 555 g/mol. The van der Waals surface area contributed by atoms with E-state index in [-0.39, 0.29) is 22.0 Å². The van der Waals surface area contributed by atoms with Crippen molar-refractivity contribution in [2.45, 2.75) is 19.3 Å². The fourth-order valence-electron chi connectivity index (χ4n) is 4.26. The zero-order valence-electron chi connectivity index (χ0n) is 17.9. The summed E-state index contributed by atoms with van der Waals surface area (Å²) < 4.78 is 2.35. The number of benzene rings is 2. The summed E-state index contributed by atoms with van der Waals surface area (Å²) in [6, 6.07) is 21.1. The van der Waals surface area contributed by atoms with Crippen LogP contribution in [0.1, 0.15) is 28.6 Å². The van der Waals surface area contributed by atoms with Crippen LogP contribution >= 0.6 is 12.2 Å². The number of hydrogen-bond donors (Lipinski definition) is 1. The number of carbonyl (C=O) groups excluding carboxylic acids is 2. The van der Waals surface area contributed by atoms with Gasteiger partial charge in [-0.05, 0) is 0 Å². The maximum atomic E-state index is 12.7. The van der Waals surface area contributed by atoms with Crippen molar-refractivity contribution in [1.82, 2.24) is 10.2 Å². The molecule has 1 N–H and O–H groups in total. The van der Waals surface area contributed by atoms with Crippen LogP contribution in [0.5, 0.6) is 0 Å². The molecule has 2 aliphatic rings. The van der Waals surface area contributed by atoms with Gasteiger partial charge in [0.2, 0.25) is 0 Å². The molecule has 0 radical (unpaired) electrons. The number of hydrogen-bond acceptors (Lipinski definition) is 4. The van der Waals surface area contributed by atoms with Crippen LogP contribution in [0.3, 0.4) is 0 Å². The molecule has 2 aromatic carbocycles. The van der Waals surface area contributed by atoms with Gasteiger partial charge in [0.1, 0.15) is 0 Å². The van der Waals surface area contributed by atoms with Gasteiger partial charge in [-0.25, -0.2) is 0 Å². The van der Waals surface area contributed by atoms with Crippen LogP contribution in [0, 0.1) is 0 Å². The third kappa shape index (κ3) is 3.24. The molecule has 0 spiro atoms. The van der Waals surface area contributed by atoms with E-state index in [9.17, 15) is 9.59 Å². The molecule has 2 amide bonds. The van der Waals surface area contributed by atoms with E-state index in [0.717, 1.165) is 9.27 Å². The van der Waals surface area contributed by atoms with Gasteiger partial charge in [-0.15, -0.1) is 0 Å². The number of carbonyl (C=O) groups is 2. The zero-order chi connectivity index (χ0) is 22.6. The summed E-state index contributed by atoms with van der Waals surface area (Å²) in [4.78, 5) is 28.9. The Morgan fingerprint density at radius 1 is 1.00 bits per heavy atom. The van der Waals surface area contributed by atoms with Crippen LogP contribution in [0.25, 0.3) is 6.08 Å². The quantitative estimate of drug-likeness (QED) is 0.224. The number of rotatable bonds is 2. The summed E-state index contributed by atoms with van der Waals surface area (Å²) in [6.45, 7) is 4.49. The number of fused-ring (bicyclic) bond motifs is 2. The van der Waals surface area contributed by atoms with Gasteiger partial charge in [0.05, 0.1) is 0 Å². The third-order valence-corrected chi connectivity index (χ3v) is 9.45. The fourth-order valence-corrected chi connectivity index (χ4v) is 8.13. The molecule has 7 heteroatoms. The van der Waals surface area contributed by atoms with Crippen LogP contribution < -0.4 is 10.2 Å². The Morgan fingerprint density at radius 2 is 1.69 bits per heavy atom. The second-order valence-electron chi connectivity index (χ2n) is 8.36. The molecule has 5 nitrogen and oxygen atoms in total. The van der Waals surface area contributed by atoms with Crippen molar-refractivity contribution >= 4 is 70.7 Å². The second kappa shape index (κ2) is 7.70. The topological polar surface area (TPSA) is 52.7 Å². The zero-order valence-corrected chi connectivity index (χ0v) is 21.0. The van der Waals surface area contributed by atoms with Crippen LogP contribution in [-0.4, -0.2) is 49.3 Å². The molecule has 2 aliphatic heterocycles. The van der Waals surface area contributed by atoms with Crippen LogP contribution in [0.2, 0.25) is 0 Å². The van der Waals surface area contributed by atoms with Crippen molar-refractivity contribution in [3.8, 4) is 0 Å². The predicted molar refractivity (Wildman–Crippen MR) is 132 cm³/mol. The first-order valence-electron chi connectivity index (χ1n) is 10.2. The molecular formula is C25H21N3O2STe. The Morgan fingerprint density at radius 3 is 2.44 bits per heavy atom. The Kier molecular flexibility index (Phi) is 5.09. The van der Waals surface area contributed by atoms with E-state index in [1.165, 1.54) is 25.4 Å². The molecule has 5 rings (SSSR count). The van der Waals surface area contributed by atoms with Crippen molar-refractivity contribution in [3.05, 3.63) is 80.9 Å². The number of para-hydroxylation sites is 2. The number of likely N-dealkylation sites (N-methyl/N-ethyl adjacent to an activating group) is 1. The van der Waals surface area contributed by atoms with Crippen molar-refractivity contribution in [1.29, 1.82) is 0 Å². The van der Waals surface area contributed by atoms with Crippen molar-refractivity contribution in [3.63, 3.8) is 0 Å². The molecule has 0 aliphatic carbocycles. The standard InChI is InChI=1S/C25H21N3O2STe/c1-25(2)18-11-7-8-12-20(18)28(15-9-5-4-6-10-15)23-19(25)14-16(32-23)13-17-21(29)26-24(31)27(3)22(17)30/h4-14H,1-3H3,(H,26,29,31)/b17-13+. The Bertz CT molecular complexity index is 1310. The molecule has 1 saturated heterocycles. The Balaban J connectivity index is 1.69. The molecule has 1 aromatic heterocycles. The molecule has 0 bridgehead atoms. The van der Waals surface area contributed by atoms with E-state index in [1.54, 1.807) is 13.1 Å². The van der Waals surface area contributed by atoms with E-state index in [1.807, 2.05) is 18.2 Å². The molecule has 0 unspecified atom stereocenters. The molecule has 3 aromatic rings. The number of amides is 2. The van der Waals surface area contributed by atoms with Crippen LogP contribution in [-0.2, 0) is 15.0 Å². The van der Waals surface area contributed by atoms with Gasteiger partial charge < -0.3 is 0 Å². The van der Waals surface area contributed by atoms with Crippen LogP contribution in [0.4, 0.5) is 15.1 Å². The van der Waals surface area contributed by atoms with Crippen molar-refractivity contribution in [2.24, 2.45) is 0 Å². The van der Waals surface area contributed by atoms with Gasteiger partial charge >= 0.3 is 203 Å². The first-order chi connectivity index (χ1) is 15.3. The number of thiocarbonyl (C=S) groups is 1. The Hall–Kier alpha value is -2.72. The summed E-state index contributed by atoms with van der Waals surface area (Å²) in [5.41, 5.74) is 4.77. The summed E-state index contributed by atoms with van der Waals surface area (Å²) >= 11 is 4.22. The van der Waals surface area contributed by atoms with E-state index < -0.39 is 26.3 Å². The summed E-state index contributed by atoms with van der Waals surface area (Å²) in [5, 5.41) is 2.74. The molecular weight excluding hydrogens is 534 g/mol. The summed E-state index contributed by atoms with van der Waals surface area (Å²) in [7, 11) is 1.58. The van der Waals surface area contributed by atoms with Gasteiger partial charge in [0.15, 0.2) is 0 Å². The molecule has 0 atom stereocenters. The maximum absolute atomic E-state index is 12.7. The number of anilines is 3. The summed E-state index contributed by atoms with van der Waals surface area (Å²) in [5.74, 6) is -0.793. The SMILES string of the molecule is CN1C(=O)/C(=C/c2cc3c([te]2)N(c2ccccc2)c2ccccc2C3(C)C)C(=O)NC1=S. The van der Waals surface area contributed by atoms with E-state index in [0.29, 0.717) is 0 Å². The molecule has 160 valence electrons. The monoisotopic (exact) mass is 557 g/mol. The fraction of sp³-hybridized carbons (Fsp3) is 0.160. The second-order valence-corrected chi connectivity index (χ2v) is 11.8. The normalized spacial score (nSPS) is 18.5. The number of nitrogens with one attached hydrogen (secondary N) is 1. The van der Waals surface area contributed by atoms with E-state index in [2.05, 4.69) is 66.5 Å². The van der Waals surface area contributed by atoms with Gasteiger partial charge in [0, 0.05) is 0 Å². The van der Waals surface area contributed by atoms with E-state index in [4.69, 9.17) is 12.2 Å². The van der Waals surface area contributed by atoms with Crippen molar-refractivity contribution in [2.75, 3.05) is 11.9 Å². The minimum atomic E-state index is -0.848. The van der Waals surface area contributed by atoms with Gasteiger partial charge in [0.25, 0.3) is 0 Å². The van der Waals surface area contributed by atoms with Gasteiger partial charge in [-0.2, -0.15) is 0 Å². The summed E-state index contributed by atoms with van der Waals surface area (Å²) in [6.07, 6.45) is 1.76. The van der Waals surface area contributed by atoms with E-state index >= 15 is 0 Å². The van der Waals surface area contributed by atoms with Gasteiger partial charge in [-0.3, -0.25) is 0 Å². The first-order valence-corrected chi connectivity index (χ1v) is 13.0. The third-order valence-electron chi connectivity index (χ3n) is 6.03. The molecule has 3 heterocycles. The molecule has 1 fully saturated rings.